The topological polar surface area (TPSA) is 49.4 Å². The Balaban J connectivity index is 4.03. The van der Waals surface area contributed by atoms with Crippen LogP contribution in [0, 0.1) is 0 Å². The van der Waals surface area contributed by atoms with Crippen LogP contribution < -0.4 is 5.32 Å². The Morgan fingerprint density at radius 3 is 2.33 bits per heavy atom. The lowest BCUT2D eigenvalue weighted by molar-refractivity contribution is -0.132. The Bertz CT molecular complexity index is 199. The van der Waals surface area contributed by atoms with Gasteiger partial charge in [-0.05, 0) is 13.0 Å². The van der Waals surface area contributed by atoms with Gasteiger partial charge in [0.1, 0.15) is 6.04 Å². The molecule has 4 heteroatoms. The first kappa shape index (κ1) is 10.7. The number of hydrogen-bond donors (Lipinski definition) is 1. The zero-order valence-electron chi connectivity index (χ0n) is 7.63. The highest BCUT2D eigenvalue weighted by atomic mass is 16.2. The average Bonchev–Trinajstić information content (AvgIpc) is 2.02. The van der Waals surface area contributed by atoms with Crippen molar-refractivity contribution in [3.8, 4) is 0 Å². The van der Waals surface area contributed by atoms with E-state index in [1.807, 2.05) is 0 Å². The second-order valence-electron chi connectivity index (χ2n) is 2.67. The van der Waals surface area contributed by atoms with Crippen molar-refractivity contribution in [2.24, 2.45) is 0 Å². The first-order chi connectivity index (χ1) is 5.49. The lowest BCUT2D eigenvalue weighted by Crippen LogP contribution is -2.43. The number of hydrogen-bond acceptors (Lipinski definition) is 2. The van der Waals surface area contributed by atoms with Crippen LogP contribution in [0.3, 0.4) is 0 Å². The molecule has 0 bridgehead atoms. The van der Waals surface area contributed by atoms with Crippen LogP contribution >= 0.6 is 0 Å². The molecule has 0 aromatic rings. The highest BCUT2D eigenvalue weighted by Gasteiger charge is 2.15. The number of likely N-dealkylation sites (N-methyl/N-ethyl adjacent to an activating group) is 1. The minimum absolute atomic E-state index is 0.134. The Labute approximate surface area is 72.2 Å². The van der Waals surface area contributed by atoms with Gasteiger partial charge in [-0.2, -0.15) is 0 Å². The molecule has 0 aromatic carbocycles. The average molecular weight is 170 g/mol. The molecule has 0 fully saturated rings. The number of nitrogens with zero attached hydrogens (tertiary/aromatic N) is 1. The summed E-state index contributed by atoms with van der Waals surface area (Å²) in [4.78, 5) is 23.3. The van der Waals surface area contributed by atoms with Crippen LogP contribution in [0.4, 0.5) is 0 Å². The van der Waals surface area contributed by atoms with Gasteiger partial charge in [0.2, 0.25) is 11.8 Å². The van der Waals surface area contributed by atoms with Gasteiger partial charge in [-0.3, -0.25) is 9.59 Å². The van der Waals surface area contributed by atoms with Gasteiger partial charge >= 0.3 is 0 Å². The summed E-state index contributed by atoms with van der Waals surface area (Å²) < 4.78 is 0. The summed E-state index contributed by atoms with van der Waals surface area (Å²) in [6, 6.07) is -0.495. The van der Waals surface area contributed by atoms with Crippen molar-refractivity contribution in [2.45, 2.75) is 13.0 Å². The summed E-state index contributed by atoms with van der Waals surface area (Å²) in [5.41, 5.74) is 0. The van der Waals surface area contributed by atoms with E-state index in [-0.39, 0.29) is 11.8 Å². The summed E-state index contributed by atoms with van der Waals surface area (Å²) in [7, 11) is 3.28. The number of amides is 2. The fourth-order valence-corrected chi connectivity index (χ4v) is 0.721. The van der Waals surface area contributed by atoms with Crippen LogP contribution in [0.2, 0.25) is 0 Å². The normalized spacial score (nSPS) is 11.6. The van der Waals surface area contributed by atoms with Gasteiger partial charge in [-0.15, -0.1) is 0 Å². The molecular weight excluding hydrogens is 156 g/mol. The number of carbonyl (C=O) groups is 2. The molecule has 0 aromatic heterocycles. The maximum atomic E-state index is 11.2. The molecule has 0 radical (unpaired) electrons. The van der Waals surface area contributed by atoms with E-state index in [1.54, 1.807) is 21.0 Å². The lowest BCUT2D eigenvalue weighted by atomic mass is 10.3. The van der Waals surface area contributed by atoms with Gasteiger partial charge in [-0.1, -0.05) is 6.58 Å². The molecule has 0 saturated heterocycles. The van der Waals surface area contributed by atoms with Crippen LogP contribution in [0.5, 0.6) is 0 Å². The number of rotatable bonds is 3. The molecule has 1 unspecified atom stereocenters. The minimum atomic E-state index is -0.495. The van der Waals surface area contributed by atoms with E-state index in [2.05, 4.69) is 11.9 Å². The number of nitrogens with one attached hydrogen (secondary N) is 1. The molecule has 1 N–H and O–H groups in total. The van der Waals surface area contributed by atoms with Crippen molar-refractivity contribution in [3.05, 3.63) is 12.7 Å². The van der Waals surface area contributed by atoms with Crippen LogP contribution in [-0.4, -0.2) is 36.9 Å². The standard InChI is InChI=1S/C8H14N2O2/c1-5-7(11)9-6(2)8(12)10(3)4/h5-6H,1H2,2-4H3,(H,9,11). The van der Waals surface area contributed by atoms with Crippen LogP contribution in [-0.2, 0) is 9.59 Å². The summed E-state index contributed by atoms with van der Waals surface area (Å²) in [6.45, 7) is 4.91. The van der Waals surface area contributed by atoms with E-state index in [0.717, 1.165) is 6.08 Å². The van der Waals surface area contributed by atoms with Gasteiger partial charge in [0, 0.05) is 14.1 Å². The highest BCUT2D eigenvalue weighted by Crippen LogP contribution is 1.88. The highest BCUT2D eigenvalue weighted by molar-refractivity contribution is 5.92. The quantitative estimate of drug-likeness (QED) is 0.594. The van der Waals surface area contributed by atoms with E-state index in [1.165, 1.54) is 4.90 Å². The third-order valence-corrected chi connectivity index (χ3v) is 1.36. The predicted molar refractivity (Wildman–Crippen MR) is 46.5 cm³/mol. The maximum Gasteiger partial charge on any atom is 0.244 e. The molecule has 0 saturated carbocycles. The van der Waals surface area contributed by atoms with E-state index in [0.29, 0.717) is 0 Å². The molecule has 0 aliphatic carbocycles. The molecular formula is C8H14N2O2. The van der Waals surface area contributed by atoms with Crippen molar-refractivity contribution in [3.63, 3.8) is 0 Å². The summed E-state index contributed by atoms with van der Waals surface area (Å²) in [5, 5.41) is 2.46. The second kappa shape index (κ2) is 4.54. The zero-order chi connectivity index (χ0) is 9.72. The van der Waals surface area contributed by atoms with Gasteiger partial charge in [0.15, 0.2) is 0 Å². The van der Waals surface area contributed by atoms with Crippen LogP contribution in [0.15, 0.2) is 12.7 Å². The molecule has 0 rings (SSSR count). The number of carbonyl (C=O) groups excluding carboxylic acids is 2. The van der Waals surface area contributed by atoms with Gasteiger partial charge in [-0.25, -0.2) is 0 Å². The Morgan fingerprint density at radius 1 is 1.50 bits per heavy atom. The molecule has 1 atom stereocenters. The first-order valence-electron chi connectivity index (χ1n) is 3.63. The molecule has 68 valence electrons. The zero-order valence-corrected chi connectivity index (χ0v) is 7.63. The second-order valence-corrected chi connectivity index (χ2v) is 2.67. The maximum absolute atomic E-state index is 11.2. The summed E-state index contributed by atoms with van der Waals surface area (Å²) in [5.74, 6) is -0.470. The van der Waals surface area contributed by atoms with Crippen molar-refractivity contribution in [2.75, 3.05) is 14.1 Å². The third kappa shape index (κ3) is 3.18. The largest absolute Gasteiger partial charge is 0.347 e. The van der Waals surface area contributed by atoms with Gasteiger partial charge in [0.25, 0.3) is 0 Å². The minimum Gasteiger partial charge on any atom is -0.347 e. The molecule has 2 amide bonds. The predicted octanol–water partition coefficient (Wildman–Crippen LogP) is -0.235. The van der Waals surface area contributed by atoms with E-state index < -0.39 is 6.04 Å². The Hall–Kier alpha value is -1.32. The fraction of sp³-hybridized carbons (Fsp3) is 0.500. The third-order valence-electron chi connectivity index (χ3n) is 1.36. The molecule has 0 spiro atoms. The van der Waals surface area contributed by atoms with Crippen molar-refractivity contribution in [1.82, 2.24) is 10.2 Å². The van der Waals surface area contributed by atoms with Crippen LogP contribution in [0.25, 0.3) is 0 Å². The van der Waals surface area contributed by atoms with Gasteiger partial charge < -0.3 is 10.2 Å². The molecule has 0 aliphatic heterocycles. The molecule has 0 aliphatic rings. The monoisotopic (exact) mass is 170 g/mol. The van der Waals surface area contributed by atoms with E-state index in [4.69, 9.17) is 0 Å². The molecule has 0 heterocycles. The Morgan fingerprint density at radius 2 is 2.00 bits per heavy atom. The van der Waals surface area contributed by atoms with Crippen LogP contribution in [0.1, 0.15) is 6.92 Å². The smallest absolute Gasteiger partial charge is 0.244 e. The molecule has 12 heavy (non-hydrogen) atoms. The Kier molecular flexibility index (Phi) is 4.04. The SMILES string of the molecule is C=CC(=O)NC(C)C(=O)N(C)C. The van der Waals surface area contributed by atoms with E-state index >= 15 is 0 Å². The molecule has 4 nitrogen and oxygen atoms in total. The van der Waals surface area contributed by atoms with Crippen molar-refractivity contribution >= 4 is 11.8 Å². The summed E-state index contributed by atoms with van der Waals surface area (Å²) in [6.07, 6.45) is 1.14. The summed E-state index contributed by atoms with van der Waals surface area (Å²) >= 11 is 0. The van der Waals surface area contributed by atoms with Crippen molar-refractivity contribution < 1.29 is 9.59 Å². The lowest BCUT2D eigenvalue weighted by Gasteiger charge is -2.16. The first-order valence-corrected chi connectivity index (χ1v) is 3.63. The fourth-order valence-electron chi connectivity index (χ4n) is 0.721. The van der Waals surface area contributed by atoms with Crippen molar-refractivity contribution in [1.29, 1.82) is 0 Å². The van der Waals surface area contributed by atoms with Gasteiger partial charge in [0.05, 0.1) is 0 Å². The van der Waals surface area contributed by atoms with E-state index in [9.17, 15) is 9.59 Å².